The highest BCUT2D eigenvalue weighted by Gasteiger charge is 2.18. The van der Waals surface area contributed by atoms with Crippen LogP contribution in [0.15, 0.2) is 48.8 Å². The van der Waals surface area contributed by atoms with Crippen LogP contribution in [-0.4, -0.2) is 11.0 Å². The number of hydrogen-bond acceptors (Lipinski definition) is 3. The number of rotatable bonds is 4. The van der Waals surface area contributed by atoms with Crippen LogP contribution in [-0.2, 0) is 0 Å². The molecule has 2 atom stereocenters. The highest BCUT2D eigenvalue weighted by atomic mass is 16.5. The second kappa shape index (κ2) is 5.65. The highest BCUT2D eigenvalue weighted by molar-refractivity contribution is 5.28. The molecule has 0 fully saturated rings. The van der Waals surface area contributed by atoms with E-state index in [1.165, 1.54) is 5.56 Å². The third kappa shape index (κ3) is 3.08. The Labute approximate surface area is 108 Å². The zero-order valence-corrected chi connectivity index (χ0v) is 10.7. The van der Waals surface area contributed by atoms with E-state index in [0.29, 0.717) is 0 Å². The number of hydrogen-bond donors (Lipinski definition) is 1. The molecule has 0 aliphatic rings. The molecule has 3 heteroatoms. The zero-order chi connectivity index (χ0) is 13.0. The standard InChI is InChI=1S/C15H18N2O/c1-11-5-3-7-14(9-11)18-15(12(2)16)13-6-4-8-17-10-13/h3-10,12,15H,16H2,1-2H3. The van der Waals surface area contributed by atoms with Crippen molar-refractivity contribution < 1.29 is 4.74 Å². The quantitative estimate of drug-likeness (QED) is 0.896. The minimum Gasteiger partial charge on any atom is -0.484 e. The van der Waals surface area contributed by atoms with Gasteiger partial charge in [-0.3, -0.25) is 4.98 Å². The Morgan fingerprint density at radius 2 is 2.06 bits per heavy atom. The third-order valence-corrected chi connectivity index (χ3v) is 2.74. The first-order chi connectivity index (χ1) is 8.66. The number of aryl methyl sites for hydroxylation is 1. The summed E-state index contributed by atoms with van der Waals surface area (Å²) in [7, 11) is 0. The molecule has 0 amide bonds. The van der Waals surface area contributed by atoms with E-state index in [0.717, 1.165) is 11.3 Å². The number of aromatic nitrogens is 1. The molecule has 1 aromatic heterocycles. The monoisotopic (exact) mass is 242 g/mol. The van der Waals surface area contributed by atoms with Crippen LogP contribution in [0.1, 0.15) is 24.2 Å². The Bertz CT molecular complexity index is 497. The lowest BCUT2D eigenvalue weighted by Gasteiger charge is -2.22. The fraction of sp³-hybridized carbons (Fsp3) is 0.267. The molecule has 0 aliphatic carbocycles. The number of benzene rings is 1. The van der Waals surface area contributed by atoms with E-state index in [9.17, 15) is 0 Å². The van der Waals surface area contributed by atoms with Gasteiger partial charge in [0.15, 0.2) is 0 Å². The predicted octanol–water partition coefficient (Wildman–Crippen LogP) is 2.86. The molecule has 2 N–H and O–H groups in total. The summed E-state index contributed by atoms with van der Waals surface area (Å²) in [4.78, 5) is 4.11. The Hall–Kier alpha value is -1.87. The molecule has 0 saturated carbocycles. The number of nitrogens with two attached hydrogens (primary N) is 1. The van der Waals surface area contributed by atoms with Gasteiger partial charge in [-0.1, -0.05) is 18.2 Å². The van der Waals surface area contributed by atoms with Crippen molar-refractivity contribution in [2.24, 2.45) is 5.73 Å². The Morgan fingerprint density at radius 1 is 1.22 bits per heavy atom. The smallest absolute Gasteiger partial charge is 0.140 e. The van der Waals surface area contributed by atoms with Crippen LogP contribution in [0, 0.1) is 6.92 Å². The van der Waals surface area contributed by atoms with Gasteiger partial charge in [0.25, 0.3) is 0 Å². The zero-order valence-electron chi connectivity index (χ0n) is 10.7. The van der Waals surface area contributed by atoms with Crippen LogP contribution in [0.5, 0.6) is 5.75 Å². The van der Waals surface area contributed by atoms with Crippen molar-refractivity contribution in [1.29, 1.82) is 0 Å². The molecule has 0 aliphatic heterocycles. The first kappa shape index (κ1) is 12.6. The minimum absolute atomic E-state index is 0.102. The molecule has 2 unspecified atom stereocenters. The minimum atomic E-state index is -0.180. The maximum absolute atomic E-state index is 6.00. The summed E-state index contributed by atoms with van der Waals surface area (Å²) in [6.45, 7) is 3.98. The number of ether oxygens (including phenoxy) is 1. The van der Waals surface area contributed by atoms with Crippen LogP contribution < -0.4 is 10.5 Å². The molecule has 2 rings (SSSR count). The van der Waals surface area contributed by atoms with Gasteiger partial charge in [-0.15, -0.1) is 0 Å². The average Bonchev–Trinajstić information content (AvgIpc) is 2.37. The van der Waals surface area contributed by atoms with Crippen LogP contribution in [0.2, 0.25) is 0 Å². The molecule has 0 bridgehead atoms. The molecule has 0 spiro atoms. The van der Waals surface area contributed by atoms with Crippen molar-refractivity contribution in [1.82, 2.24) is 4.98 Å². The van der Waals surface area contributed by atoms with E-state index >= 15 is 0 Å². The molecule has 0 radical (unpaired) electrons. The van der Waals surface area contributed by atoms with Crippen LogP contribution >= 0.6 is 0 Å². The molecule has 0 saturated heterocycles. The van der Waals surface area contributed by atoms with Gasteiger partial charge in [0.2, 0.25) is 0 Å². The van der Waals surface area contributed by atoms with Gasteiger partial charge >= 0.3 is 0 Å². The summed E-state index contributed by atoms with van der Waals surface area (Å²) in [6.07, 6.45) is 3.36. The fourth-order valence-corrected chi connectivity index (χ4v) is 1.86. The maximum Gasteiger partial charge on any atom is 0.140 e. The normalized spacial score (nSPS) is 13.9. The first-order valence-electron chi connectivity index (χ1n) is 6.05. The molecule has 1 aromatic carbocycles. The van der Waals surface area contributed by atoms with Crippen molar-refractivity contribution in [2.45, 2.75) is 26.0 Å². The van der Waals surface area contributed by atoms with Crippen molar-refractivity contribution in [2.75, 3.05) is 0 Å². The average molecular weight is 242 g/mol. The molecule has 1 heterocycles. The van der Waals surface area contributed by atoms with Gasteiger partial charge in [-0.05, 0) is 37.6 Å². The summed E-state index contributed by atoms with van der Waals surface area (Å²) in [5.41, 5.74) is 8.16. The van der Waals surface area contributed by atoms with Crippen molar-refractivity contribution in [3.05, 3.63) is 59.9 Å². The van der Waals surface area contributed by atoms with Crippen LogP contribution in [0.3, 0.4) is 0 Å². The van der Waals surface area contributed by atoms with Crippen LogP contribution in [0.25, 0.3) is 0 Å². The first-order valence-corrected chi connectivity index (χ1v) is 6.05. The van der Waals surface area contributed by atoms with Gasteiger partial charge in [0.05, 0.1) is 0 Å². The van der Waals surface area contributed by atoms with E-state index in [1.54, 1.807) is 12.4 Å². The van der Waals surface area contributed by atoms with Gasteiger partial charge in [-0.25, -0.2) is 0 Å². The number of nitrogens with zero attached hydrogens (tertiary/aromatic N) is 1. The second-order valence-electron chi connectivity index (χ2n) is 4.50. The van der Waals surface area contributed by atoms with E-state index in [2.05, 4.69) is 4.98 Å². The molecular weight excluding hydrogens is 224 g/mol. The van der Waals surface area contributed by atoms with Crippen molar-refractivity contribution >= 4 is 0 Å². The largest absolute Gasteiger partial charge is 0.484 e. The van der Waals surface area contributed by atoms with E-state index in [-0.39, 0.29) is 12.1 Å². The lowest BCUT2D eigenvalue weighted by Crippen LogP contribution is -2.29. The predicted molar refractivity (Wildman–Crippen MR) is 72.4 cm³/mol. The SMILES string of the molecule is Cc1cccc(OC(c2cccnc2)C(C)N)c1. The van der Waals surface area contributed by atoms with E-state index in [1.807, 2.05) is 50.2 Å². The topological polar surface area (TPSA) is 48.1 Å². The molecular formula is C15H18N2O. The molecule has 3 nitrogen and oxygen atoms in total. The van der Waals surface area contributed by atoms with Crippen LogP contribution in [0.4, 0.5) is 0 Å². The Balaban J connectivity index is 2.22. The summed E-state index contributed by atoms with van der Waals surface area (Å²) in [5, 5.41) is 0. The number of pyridine rings is 1. The summed E-state index contributed by atoms with van der Waals surface area (Å²) < 4.78 is 5.98. The molecule has 2 aromatic rings. The van der Waals surface area contributed by atoms with Gasteiger partial charge in [0, 0.05) is 24.0 Å². The maximum atomic E-state index is 6.00. The lowest BCUT2D eigenvalue weighted by molar-refractivity contribution is 0.180. The molecule has 94 valence electrons. The van der Waals surface area contributed by atoms with Gasteiger partial charge in [0.1, 0.15) is 11.9 Å². The van der Waals surface area contributed by atoms with E-state index in [4.69, 9.17) is 10.5 Å². The summed E-state index contributed by atoms with van der Waals surface area (Å²) in [6, 6.07) is 11.7. The highest BCUT2D eigenvalue weighted by Crippen LogP contribution is 2.24. The summed E-state index contributed by atoms with van der Waals surface area (Å²) >= 11 is 0. The Morgan fingerprint density at radius 3 is 2.67 bits per heavy atom. The molecule has 18 heavy (non-hydrogen) atoms. The van der Waals surface area contributed by atoms with Gasteiger partial charge < -0.3 is 10.5 Å². The second-order valence-corrected chi connectivity index (χ2v) is 4.50. The van der Waals surface area contributed by atoms with Crippen molar-refractivity contribution in [3.8, 4) is 5.75 Å². The van der Waals surface area contributed by atoms with Gasteiger partial charge in [-0.2, -0.15) is 0 Å². The fourth-order valence-electron chi connectivity index (χ4n) is 1.86. The lowest BCUT2D eigenvalue weighted by atomic mass is 10.1. The Kier molecular flexibility index (Phi) is 3.95. The summed E-state index contributed by atoms with van der Waals surface area (Å²) in [5.74, 6) is 0.834. The van der Waals surface area contributed by atoms with Crippen molar-refractivity contribution in [3.63, 3.8) is 0 Å². The third-order valence-electron chi connectivity index (χ3n) is 2.74. The van der Waals surface area contributed by atoms with E-state index < -0.39 is 0 Å².